The third-order valence-corrected chi connectivity index (χ3v) is 3.23. The van der Waals surface area contributed by atoms with Gasteiger partial charge in [0.15, 0.2) is 0 Å². The summed E-state index contributed by atoms with van der Waals surface area (Å²) in [6.45, 7) is 3.75. The van der Waals surface area contributed by atoms with Crippen LogP contribution in [0.5, 0.6) is 0 Å². The predicted octanol–water partition coefficient (Wildman–Crippen LogP) is 3.02. The lowest BCUT2D eigenvalue weighted by molar-refractivity contribution is -0.116. The number of nitrogens with zero attached hydrogens (tertiary/aromatic N) is 2. The van der Waals surface area contributed by atoms with Crippen LogP contribution in [0.4, 0.5) is 5.69 Å². The fraction of sp³-hybridized carbons (Fsp3) is 0.308. The van der Waals surface area contributed by atoms with Gasteiger partial charge in [0, 0.05) is 31.3 Å². The lowest BCUT2D eigenvalue weighted by Crippen LogP contribution is -2.13. The number of rotatable bonds is 4. The number of amides is 1. The summed E-state index contributed by atoms with van der Waals surface area (Å²) < 4.78 is 5.84. The number of hydrogen-bond donors (Lipinski definition) is 1. The molecule has 0 aromatic carbocycles. The van der Waals surface area contributed by atoms with Crippen molar-refractivity contribution < 1.29 is 9.32 Å². The zero-order chi connectivity index (χ0) is 13.8. The van der Waals surface area contributed by atoms with E-state index in [-0.39, 0.29) is 5.91 Å². The molecule has 0 bridgehead atoms. The number of hydrogen-bond acceptors (Lipinski definition) is 4. The van der Waals surface area contributed by atoms with Crippen LogP contribution in [0, 0.1) is 13.8 Å². The summed E-state index contributed by atoms with van der Waals surface area (Å²) in [5.41, 5.74) is 2.50. The second-order valence-corrected chi connectivity index (χ2v) is 5.15. The zero-order valence-electron chi connectivity index (χ0n) is 10.7. The van der Waals surface area contributed by atoms with Crippen LogP contribution in [0.1, 0.15) is 23.4 Å². The van der Waals surface area contributed by atoms with Crippen molar-refractivity contribution in [1.82, 2.24) is 10.1 Å². The fourth-order valence-electron chi connectivity index (χ4n) is 1.66. The van der Waals surface area contributed by atoms with Crippen LogP contribution in [0.2, 0.25) is 0 Å². The lowest BCUT2D eigenvalue weighted by atomic mass is 10.2. The molecule has 100 valence electrons. The molecule has 0 saturated heterocycles. The molecule has 19 heavy (non-hydrogen) atoms. The number of anilines is 1. The van der Waals surface area contributed by atoms with E-state index in [0.717, 1.165) is 27.2 Å². The van der Waals surface area contributed by atoms with Crippen molar-refractivity contribution in [2.45, 2.75) is 26.7 Å². The fourth-order valence-corrected chi connectivity index (χ4v) is 2.19. The minimum Gasteiger partial charge on any atom is -0.361 e. The molecule has 2 aromatic rings. The van der Waals surface area contributed by atoms with E-state index in [0.29, 0.717) is 12.8 Å². The highest BCUT2D eigenvalue weighted by atomic mass is 79.9. The van der Waals surface area contributed by atoms with Crippen molar-refractivity contribution in [2.24, 2.45) is 0 Å². The lowest BCUT2D eigenvalue weighted by Gasteiger charge is -2.09. The van der Waals surface area contributed by atoms with Gasteiger partial charge >= 0.3 is 0 Å². The van der Waals surface area contributed by atoms with Gasteiger partial charge in [0.1, 0.15) is 5.76 Å². The Bertz CT molecular complexity index is 575. The molecule has 1 amide bonds. The Hall–Kier alpha value is -1.69. The Morgan fingerprint density at radius 1 is 1.42 bits per heavy atom. The number of pyridine rings is 1. The average molecular weight is 324 g/mol. The van der Waals surface area contributed by atoms with Crippen LogP contribution in [0.25, 0.3) is 0 Å². The molecule has 0 aliphatic carbocycles. The molecule has 2 aromatic heterocycles. The summed E-state index contributed by atoms with van der Waals surface area (Å²) in [5.74, 6) is 0.655. The molecule has 2 rings (SSSR count). The monoisotopic (exact) mass is 323 g/mol. The molecule has 1 N–H and O–H groups in total. The second kappa shape index (κ2) is 5.97. The van der Waals surface area contributed by atoms with Gasteiger partial charge in [0.05, 0.1) is 15.9 Å². The Morgan fingerprint density at radius 2 is 2.21 bits per heavy atom. The Labute approximate surface area is 119 Å². The molecule has 6 heteroatoms. The average Bonchev–Trinajstić information content (AvgIpc) is 2.77. The van der Waals surface area contributed by atoms with E-state index in [2.05, 4.69) is 31.4 Å². The van der Waals surface area contributed by atoms with Crippen molar-refractivity contribution in [3.05, 3.63) is 40.0 Å². The van der Waals surface area contributed by atoms with E-state index in [1.54, 1.807) is 12.4 Å². The van der Waals surface area contributed by atoms with Crippen molar-refractivity contribution in [1.29, 1.82) is 0 Å². The normalized spacial score (nSPS) is 10.5. The number of halogens is 1. The van der Waals surface area contributed by atoms with Crippen LogP contribution >= 0.6 is 15.9 Å². The van der Waals surface area contributed by atoms with Gasteiger partial charge in [-0.1, -0.05) is 5.16 Å². The van der Waals surface area contributed by atoms with Gasteiger partial charge in [0.25, 0.3) is 0 Å². The first kappa shape index (κ1) is 13.7. The third kappa shape index (κ3) is 3.64. The summed E-state index contributed by atoms with van der Waals surface area (Å²) >= 11 is 3.37. The van der Waals surface area contributed by atoms with Crippen LogP contribution in [-0.4, -0.2) is 16.0 Å². The van der Waals surface area contributed by atoms with Gasteiger partial charge in [0.2, 0.25) is 5.91 Å². The highest BCUT2D eigenvalue weighted by molar-refractivity contribution is 9.10. The standard InChI is InChI=1S/C13H14BrN3O2/c1-8-6-15-7-11(14)13(8)16-12(18)4-3-10-5-9(2)17-19-10/h5-7H,3-4H2,1-2H3,(H,15,16,18). The van der Waals surface area contributed by atoms with E-state index in [1.165, 1.54) is 0 Å². The largest absolute Gasteiger partial charge is 0.361 e. The number of nitrogens with one attached hydrogen (secondary N) is 1. The highest BCUT2D eigenvalue weighted by Gasteiger charge is 2.10. The minimum atomic E-state index is -0.0657. The smallest absolute Gasteiger partial charge is 0.224 e. The van der Waals surface area contributed by atoms with Gasteiger partial charge in [-0.2, -0.15) is 0 Å². The number of carbonyl (C=O) groups excluding carboxylic acids is 1. The summed E-state index contributed by atoms with van der Waals surface area (Å²) in [7, 11) is 0. The molecule has 0 unspecified atom stereocenters. The van der Waals surface area contributed by atoms with E-state index in [9.17, 15) is 4.79 Å². The SMILES string of the molecule is Cc1cc(CCC(=O)Nc2c(C)cncc2Br)on1. The maximum atomic E-state index is 11.9. The molecular weight excluding hydrogens is 310 g/mol. The maximum Gasteiger partial charge on any atom is 0.224 e. The van der Waals surface area contributed by atoms with Crippen LogP contribution in [0.15, 0.2) is 27.5 Å². The van der Waals surface area contributed by atoms with Crippen LogP contribution < -0.4 is 5.32 Å². The number of aromatic nitrogens is 2. The summed E-state index contributed by atoms with van der Waals surface area (Å²) in [6, 6.07) is 1.83. The van der Waals surface area contributed by atoms with Gasteiger partial charge in [-0.05, 0) is 35.3 Å². The molecule has 0 atom stereocenters. The van der Waals surface area contributed by atoms with Crippen LogP contribution in [0.3, 0.4) is 0 Å². The molecule has 0 saturated carbocycles. The minimum absolute atomic E-state index is 0.0657. The summed E-state index contributed by atoms with van der Waals surface area (Å²) in [6.07, 6.45) is 4.25. The first-order chi connectivity index (χ1) is 9.06. The molecule has 5 nitrogen and oxygen atoms in total. The molecule has 0 radical (unpaired) electrons. The molecule has 0 aliphatic heterocycles. The molecule has 0 aliphatic rings. The van der Waals surface area contributed by atoms with Crippen LogP contribution in [-0.2, 0) is 11.2 Å². The second-order valence-electron chi connectivity index (χ2n) is 4.30. The Kier molecular flexibility index (Phi) is 4.31. The predicted molar refractivity (Wildman–Crippen MR) is 74.9 cm³/mol. The maximum absolute atomic E-state index is 11.9. The first-order valence-corrected chi connectivity index (χ1v) is 6.67. The first-order valence-electron chi connectivity index (χ1n) is 5.88. The van der Waals surface area contributed by atoms with E-state index < -0.39 is 0 Å². The zero-order valence-corrected chi connectivity index (χ0v) is 12.3. The summed E-state index contributed by atoms with van der Waals surface area (Å²) in [5, 5.41) is 6.65. The molecule has 2 heterocycles. The highest BCUT2D eigenvalue weighted by Crippen LogP contribution is 2.24. The van der Waals surface area contributed by atoms with Crippen molar-refractivity contribution in [2.75, 3.05) is 5.32 Å². The third-order valence-electron chi connectivity index (χ3n) is 2.63. The van der Waals surface area contributed by atoms with Gasteiger partial charge in [-0.15, -0.1) is 0 Å². The topological polar surface area (TPSA) is 68.0 Å². The van der Waals surface area contributed by atoms with Gasteiger partial charge in [-0.25, -0.2) is 0 Å². The van der Waals surface area contributed by atoms with E-state index >= 15 is 0 Å². The Morgan fingerprint density at radius 3 is 2.84 bits per heavy atom. The molecular formula is C13H14BrN3O2. The summed E-state index contributed by atoms with van der Waals surface area (Å²) in [4.78, 5) is 15.9. The molecule has 0 fully saturated rings. The van der Waals surface area contributed by atoms with E-state index in [1.807, 2.05) is 19.9 Å². The van der Waals surface area contributed by atoms with Crippen molar-refractivity contribution in [3.63, 3.8) is 0 Å². The van der Waals surface area contributed by atoms with Crippen molar-refractivity contribution in [3.8, 4) is 0 Å². The quantitative estimate of drug-likeness (QED) is 0.939. The Balaban J connectivity index is 1.94. The van der Waals surface area contributed by atoms with E-state index in [4.69, 9.17) is 4.52 Å². The number of carbonyl (C=O) groups is 1. The number of aryl methyl sites for hydroxylation is 3. The van der Waals surface area contributed by atoms with Gasteiger partial charge in [-0.3, -0.25) is 9.78 Å². The molecule has 0 spiro atoms. The van der Waals surface area contributed by atoms with Gasteiger partial charge < -0.3 is 9.84 Å². The van der Waals surface area contributed by atoms with Crippen molar-refractivity contribution >= 4 is 27.5 Å².